The Labute approximate surface area is 78.8 Å². The van der Waals surface area contributed by atoms with Gasteiger partial charge in [0.1, 0.15) is 0 Å². The van der Waals surface area contributed by atoms with E-state index in [9.17, 15) is 0 Å². The fourth-order valence-corrected chi connectivity index (χ4v) is 1.17. The predicted octanol–water partition coefficient (Wildman–Crippen LogP) is 3.32. The number of hydrogen-bond acceptors (Lipinski definition) is 1. The van der Waals surface area contributed by atoms with Gasteiger partial charge >= 0.3 is 0 Å². The van der Waals surface area contributed by atoms with Crippen molar-refractivity contribution in [2.24, 2.45) is 5.41 Å². The van der Waals surface area contributed by atoms with Crippen LogP contribution in [-0.4, -0.2) is 4.98 Å². The number of nitrogens with zero attached hydrogens (tertiary/aromatic N) is 1. The number of halogens is 1. The van der Waals surface area contributed by atoms with Gasteiger partial charge in [-0.1, -0.05) is 32.4 Å². The molecule has 1 nitrogen and oxygen atoms in total. The second-order valence-electron chi connectivity index (χ2n) is 4.21. The molecule has 0 saturated carbocycles. The highest BCUT2D eigenvalue weighted by Gasteiger charge is 2.11. The lowest BCUT2D eigenvalue weighted by Crippen LogP contribution is -2.10. The first-order chi connectivity index (χ1) is 5.47. The quantitative estimate of drug-likeness (QED) is 0.651. The first kappa shape index (κ1) is 9.53. The van der Waals surface area contributed by atoms with E-state index in [0.29, 0.717) is 10.4 Å². The van der Waals surface area contributed by atoms with Gasteiger partial charge in [0.2, 0.25) is 0 Å². The third-order valence-electron chi connectivity index (χ3n) is 1.50. The van der Waals surface area contributed by atoms with Crippen LogP contribution < -0.4 is 0 Å². The van der Waals surface area contributed by atoms with Crippen molar-refractivity contribution >= 4 is 11.6 Å². The third kappa shape index (κ3) is 3.22. The number of rotatable bonds is 1. The predicted molar refractivity (Wildman–Crippen MR) is 52.4 cm³/mol. The van der Waals surface area contributed by atoms with Gasteiger partial charge in [-0.15, -0.1) is 0 Å². The average Bonchev–Trinajstić information content (AvgIpc) is 1.91. The second kappa shape index (κ2) is 3.44. The molecule has 2 heteroatoms. The highest BCUT2D eigenvalue weighted by molar-refractivity contribution is 6.30. The van der Waals surface area contributed by atoms with Gasteiger partial charge in [-0.05, 0) is 24.0 Å². The number of hydrogen-bond donors (Lipinski definition) is 0. The maximum atomic E-state index is 5.72. The maximum absolute atomic E-state index is 5.72. The standard InChI is InChI=1S/C10H14ClN/c1-10(2,3)6-9-5-4-8(11)7-12-9/h4-5,7H,6H2,1-3H3. The minimum atomic E-state index is 0.292. The minimum absolute atomic E-state index is 0.292. The Morgan fingerprint density at radius 3 is 2.42 bits per heavy atom. The summed E-state index contributed by atoms with van der Waals surface area (Å²) in [5.41, 5.74) is 1.40. The van der Waals surface area contributed by atoms with Gasteiger partial charge in [-0.25, -0.2) is 0 Å². The summed E-state index contributed by atoms with van der Waals surface area (Å²) in [5.74, 6) is 0. The van der Waals surface area contributed by atoms with E-state index in [-0.39, 0.29) is 0 Å². The van der Waals surface area contributed by atoms with Crippen molar-refractivity contribution in [3.8, 4) is 0 Å². The van der Waals surface area contributed by atoms with Gasteiger partial charge in [0.05, 0.1) is 5.02 Å². The van der Waals surface area contributed by atoms with Crippen LogP contribution in [0.4, 0.5) is 0 Å². The van der Waals surface area contributed by atoms with Gasteiger partial charge in [-0.3, -0.25) is 4.98 Å². The highest BCUT2D eigenvalue weighted by atomic mass is 35.5. The van der Waals surface area contributed by atoms with Crippen LogP contribution in [0.2, 0.25) is 5.02 Å². The summed E-state index contributed by atoms with van der Waals surface area (Å²) < 4.78 is 0. The van der Waals surface area contributed by atoms with Gasteiger partial charge in [0, 0.05) is 11.9 Å². The van der Waals surface area contributed by atoms with Crippen LogP contribution in [0.15, 0.2) is 18.3 Å². The van der Waals surface area contributed by atoms with Crippen molar-refractivity contribution in [3.63, 3.8) is 0 Å². The van der Waals surface area contributed by atoms with Crippen LogP contribution >= 0.6 is 11.6 Å². The van der Waals surface area contributed by atoms with E-state index < -0.39 is 0 Å². The van der Waals surface area contributed by atoms with Gasteiger partial charge in [-0.2, -0.15) is 0 Å². The van der Waals surface area contributed by atoms with E-state index in [1.165, 1.54) is 0 Å². The van der Waals surface area contributed by atoms with Crippen LogP contribution in [0, 0.1) is 5.41 Å². The van der Waals surface area contributed by atoms with E-state index in [4.69, 9.17) is 11.6 Å². The zero-order valence-electron chi connectivity index (χ0n) is 7.76. The summed E-state index contributed by atoms with van der Waals surface area (Å²) in [6.07, 6.45) is 2.69. The second-order valence-corrected chi connectivity index (χ2v) is 4.64. The number of pyridine rings is 1. The molecular formula is C10H14ClN. The van der Waals surface area contributed by atoms with E-state index >= 15 is 0 Å². The number of aromatic nitrogens is 1. The molecule has 0 radical (unpaired) electrons. The normalized spacial score (nSPS) is 11.7. The van der Waals surface area contributed by atoms with E-state index in [1.54, 1.807) is 6.20 Å². The van der Waals surface area contributed by atoms with Crippen molar-refractivity contribution < 1.29 is 0 Å². The molecule has 1 rings (SSSR count). The first-order valence-electron chi connectivity index (χ1n) is 4.08. The zero-order valence-corrected chi connectivity index (χ0v) is 8.52. The molecule has 12 heavy (non-hydrogen) atoms. The van der Waals surface area contributed by atoms with Gasteiger partial charge in [0.25, 0.3) is 0 Å². The lowest BCUT2D eigenvalue weighted by molar-refractivity contribution is 0.406. The third-order valence-corrected chi connectivity index (χ3v) is 1.72. The van der Waals surface area contributed by atoms with Gasteiger partial charge in [0.15, 0.2) is 0 Å². The van der Waals surface area contributed by atoms with Crippen molar-refractivity contribution in [2.75, 3.05) is 0 Å². The Bertz CT molecular complexity index is 246. The fourth-order valence-electron chi connectivity index (χ4n) is 1.05. The van der Waals surface area contributed by atoms with Crippen molar-refractivity contribution in [1.29, 1.82) is 0 Å². The van der Waals surface area contributed by atoms with Crippen LogP contribution in [0.1, 0.15) is 26.5 Å². The van der Waals surface area contributed by atoms with E-state index in [0.717, 1.165) is 12.1 Å². The molecule has 0 fully saturated rings. The van der Waals surface area contributed by atoms with E-state index in [2.05, 4.69) is 25.8 Å². The molecule has 0 N–H and O–H groups in total. The van der Waals surface area contributed by atoms with Crippen molar-refractivity contribution in [3.05, 3.63) is 29.0 Å². The first-order valence-corrected chi connectivity index (χ1v) is 4.46. The summed E-state index contributed by atoms with van der Waals surface area (Å²) in [7, 11) is 0. The molecular weight excluding hydrogens is 170 g/mol. The fraction of sp³-hybridized carbons (Fsp3) is 0.500. The SMILES string of the molecule is CC(C)(C)Cc1ccc(Cl)cn1. The zero-order chi connectivity index (χ0) is 9.19. The molecule has 0 amide bonds. The molecule has 0 aliphatic rings. The van der Waals surface area contributed by atoms with Crippen molar-refractivity contribution in [2.45, 2.75) is 27.2 Å². The van der Waals surface area contributed by atoms with Crippen LogP contribution in [-0.2, 0) is 6.42 Å². The van der Waals surface area contributed by atoms with Crippen molar-refractivity contribution in [1.82, 2.24) is 4.98 Å². The topological polar surface area (TPSA) is 12.9 Å². The lowest BCUT2D eigenvalue weighted by Gasteiger charge is -2.16. The monoisotopic (exact) mass is 183 g/mol. The summed E-state index contributed by atoms with van der Waals surface area (Å²) >= 11 is 5.72. The largest absolute Gasteiger partial charge is 0.260 e. The lowest BCUT2D eigenvalue weighted by atomic mass is 9.90. The molecule has 1 aromatic rings. The summed E-state index contributed by atoms with van der Waals surface area (Å²) in [6.45, 7) is 6.59. The molecule has 66 valence electrons. The Balaban J connectivity index is 2.71. The Morgan fingerprint density at radius 1 is 1.33 bits per heavy atom. The Morgan fingerprint density at radius 2 is 2.00 bits per heavy atom. The summed E-state index contributed by atoms with van der Waals surface area (Å²) in [6, 6.07) is 3.86. The molecule has 0 bridgehead atoms. The Hall–Kier alpha value is -0.560. The summed E-state index contributed by atoms with van der Waals surface area (Å²) in [5, 5.41) is 0.702. The van der Waals surface area contributed by atoms with Crippen LogP contribution in [0.25, 0.3) is 0 Å². The average molecular weight is 184 g/mol. The van der Waals surface area contributed by atoms with E-state index in [1.807, 2.05) is 12.1 Å². The van der Waals surface area contributed by atoms with Gasteiger partial charge < -0.3 is 0 Å². The summed E-state index contributed by atoms with van der Waals surface area (Å²) in [4.78, 5) is 4.23. The molecule has 1 heterocycles. The van der Waals surface area contributed by atoms with Crippen LogP contribution in [0.5, 0.6) is 0 Å². The maximum Gasteiger partial charge on any atom is 0.0589 e. The molecule has 0 aromatic carbocycles. The highest BCUT2D eigenvalue weighted by Crippen LogP contribution is 2.19. The Kier molecular flexibility index (Phi) is 2.73. The van der Waals surface area contributed by atoms with Crippen LogP contribution in [0.3, 0.4) is 0 Å². The smallest absolute Gasteiger partial charge is 0.0589 e. The molecule has 0 unspecified atom stereocenters. The molecule has 0 atom stereocenters. The molecule has 0 spiro atoms. The molecule has 0 saturated heterocycles. The molecule has 0 aliphatic carbocycles. The minimum Gasteiger partial charge on any atom is -0.260 e. The molecule has 0 aliphatic heterocycles. The molecule has 1 aromatic heterocycles.